The number of hydrogen-bond donors (Lipinski definition) is 1. The third-order valence-electron chi connectivity index (χ3n) is 4.82. The molecule has 0 saturated heterocycles. The maximum atomic E-state index is 12.8. The molecule has 1 aliphatic heterocycles. The minimum Gasteiger partial charge on any atom is -0.493 e. The fraction of sp³-hybridized carbons (Fsp3) is 0.364. The van der Waals surface area contributed by atoms with Crippen molar-refractivity contribution in [3.05, 3.63) is 48.0 Å². The molecule has 1 heterocycles. The van der Waals surface area contributed by atoms with Gasteiger partial charge in [-0.05, 0) is 42.7 Å². The van der Waals surface area contributed by atoms with Crippen molar-refractivity contribution < 1.29 is 19.1 Å². The molecule has 0 bridgehead atoms. The van der Waals surface area contributed by atoms with Crippen LogP contribution >= 0.6 is 11.8 Å². The molecule has 1 N–H and O–H groups in total. The predicted molar refractivity (Wildman–Crippen MR) is 115 cm³/mol. The smallest absolute Gasteiger partial charge is 0.240 e. The van der Waals surface area contributed by atoms with Crippen molar-refractivity contribution in [2.24, 2.45) is 0 Å². The van der Waals surface area contributed by atoms with Gasteiger partial charge in [0, 0.05) is 11.4 Å². The average Bonchev–Trinajstić information content (AvgIpc) is 2.75. The highest BCUT2D eigenvalue weighted by Gasteiger charge is 2.33. The minimum absolute atomic E-state index is 0.00811. The van der Waals surface area contributed by atoms with Gasteiger partial charge in [0.1, 0.15) is 6.54 Å². The molecule has 7 heteroatoms. The highest BCUT2D eigenvalue weighted by Crippen LogP contribution is 2.39. The number of fused-ring (bicyclic) bond motifs is 1. The summed E-state index contributed by atoms with van der Waals surface area (Å²) in [5, 5.41) is 2.77. The van der Waals surface area contributed by atoms with Crippen molar-refractivity contribution in [2.45, 2.75) is 29.9 Å². The first kappa shape index (κ1) is 21.0. The third kappa shape index (κ3) is 4.85. The molecule has 0 spiro atoms. The summed E-state index contributed by atoms with van der Waals surface area (Å²) >= 11 is 1.57. The van der Waals surface area contributed by atoms with Gasteiger partial charge in [0.25, 0.3) is 0 Å². The van der Waals surface area contributed by atoms with Crippen molar-refractivity contribution in [3.63, 3.8) is 0 Å². The lowest BCUT2D eigenvalue weighted by Gasteiger charge is -2.32. The molecule has 1 aliphatic rings. The summed E-state index contributed by atoms with van der Waals surface area (Å²) in [5.74, 6) is 1.16. The number of carbonyl (C=O) groups is 2. The van der Waals surface area contributed by atoms with Gasteiger partial charge in [-0.3, -0.25) is 9.59 Å². The van der Waals surface area contributed by atoms with Gasteiger partial charge in [-0.2, -0.15) is 0 Å². The number of nitrogens with one attached hydrogen (secondary N) is 1. The predicted octanol–water partition coefficient (Wildman–Crippen LogP) is 3.28. The highest BCUT2D eigenvalue weighted by atomic mass is 32.2. The highest BCUT2D eigenvalue weighted by molar-refractivity contribution is 8.01. The van der Waals surface area contributed by atoms with E-state index in [0.717, 1.165) is 22.6 Å². The molecule has 1 atom stereocenters. The number of nitrogens with zero attached hydrogens (tertiary/aromatic N) is 1. The van der Waals surface area contributed by atoms with E-state index in [1.807, 2.05) is 49.4 Å². The number of amides is 2. The van der Waals surface area contributed by atoms with Crippen LogP contribution in [0.15, 0.2) is 47.4 Å². The van der Waals surface area contributed by atoms with Crippen molar-refractivity contribution >= 4 is 29.3 Å². The van der Waals surface area contributed by atoms with Crippen LogP contribution in [0.25, 0.3) is 0 Å². The zero-order valence-electron chi connectivity index (χ0n) is 16.9. The molecule has 3 rings (SSSR count). The topological polar surface area (TPSA) is 67.9 Å². The van der Waals surface area contributed by atoms with Crippen LogP contribution in [0.2, 0.25) is 0 Å². The maximum absolute atomic E-state index is 12.8. The first-order chi connectivity index (χ1) is 14.1. The number of methoxy groups -OCH3 is 2. The van der Waals surface area contributed by atoms with E-state index < -0.39 is 0 Å². The van der Waals surface area contributed by atoms with Crippen molar-refractivity contribution in [2.75, 3.05) is 32.2 Å². The Kier molecular flexibility index (Phi) is 7.04. The summed E-state index contributed by atoms with van der Waals surface area (Å²) in [6.45, 7) is 2.49. The number of thioether (sulfide) groups is 1. The van der Waals surface area contributed by atoms with Gasteiger partial charge in [-0.25, -0.2) is 0 Å². The molecule has 2 aromatic carbocycles. The lowest BCUT2D eigenvalue weighted by atomic mass is 10.1. The fourth-order valence-corrected chi connectivity index (χ4v) is 4.44. The van der Waals surface area contributed by atoms with E-state index in [4.69, 9.17) is 9.47 Å². The van der Waals surface area contributed by atoms with E-state index in [2.05, 4.69) is 5.32 Å². The van der Waals surface area contributed by atoms with Crippen LogP contribution in [-0.4, -0.2) is 44.4 Å². The van der Waals surface area contributed by atoms with E-state index in [1.165, 1.54) is 0 Å². The number of para-hydroxylation sites is 1. The van der Waals surface area contributed by atoms with Gasteiger partial charge in [-0.1, -0.05) is 25.1 Å². The Bertz CT molecular complexity index is 887. The zero-order chi connectivity index (χ0) is 20.8. The van der Waals surface area contributed by atoms with E-state index in [-0.39, 0.29) is 23.6 Å². The van der Waals surface area contributed by atoms with E-state index >= 15 is 0 Å². The standard InChI is InChI=1S/C22H26N2O4S/c1-4-19-22(26)24(16-7-5-6-8-20(16)29-19)14-21(25)23-12-11-15-9-10-17(27-2)18(13-15)28-3/h5-10,13,19H,4,11-12,14H2,1-3H3,(H,23,25)/t19-/m0/s1. The van der Waals surface area contributed by atoms with E-state index in [9.17, 15) is 9.59 Å². The largest absolute Gasteiger partial charge is 0.493 e. The first-order valence-corrected chi connectivity index (χ1v) is 10.5. The zero-order valence-corrected chi connectivity index (χ0v) is 17.8. The number of ether oxygens (including phenoxy) is 2. The van der Waals surface area contributed by atoms with Gasteiger partial charge in [0.2, 0.25) is 11.8 Å². The lowest BCUT2D eigenvalue weighted by Crippen LogP contribution is -2.46. The summed E-state index contributed by atoms with van der Waals surface area (Å²) in [4.78, 5) is 27.9. The number of anilines is 1. The van der Waals surface area contributed by atoms with Crippen LogP contribution in [0, 0.1) is 0 Å². The normalized spacial score (nSPS) is 15.6. The van der Waals surface area contributed by atoms with Gasteiger partial charge in [0.15, 0.2) is 11.5 Å². The van der Waals surface area contributed by atoms with Gasteiger partial charge in [-0.15, -0.1) is 11.8 Å². The van der Waals surface area contributed by atoms with Crippen LogP contribution < -0.4 is 19.7 Å². The van der Waals surface area contributed by atoms with Gasteiger partial charge >= 0.3 is 0 Å². The second kappa shape index (κ2) is 9.69. The Morgan fingerprint density at radius 2 is 1.90 bits per heavy atom. The molecular weight excluding hydrogens is 388 g/mol. The molecule has 0 unspecified atom stereocenters. The van der Waals surface area contributed by atoms with Crippen molar-refractivity contribution in [1.82, 2.24) is 5.32 Å². The van der Waals surface area contributed by atoms with Crippen LogP contribution in [0.3, 0.4) is 0 Å². The Morgan fingerprint density at radius 1 is 1.14 bits per heavy atom. The Balaban J connectivity index is 1.60. The molecule has 0 saturated carbocycles. The monoisotopic (exact) mass is 414 g/mol. The van der Waals surface area contributed by atoms with Crippen LogP contribution in [0.1, 0.15) is 18.9 Å². The molecular formula is C22H26N2O4S. The lowest BCUT2D eigenvalue weighted by molar-refractivity contribution is -0.123. The number of hydrogen-bond acceptors (Lipinski definition) is 5. The molecule has 6 nitrogen and oxygen atoms in total. The summed E-state index contributed by atoms with van der Waals surface area (Å²) < 4.78 is 10.6. The molecule has 0 aliphatic carbocycles. The molecule has 0 radical (unpaired) electrons. The SMILES string of the molecule is CC[C@@H]1Sc2ccccc2N(CC(=O)NCCc2ccc(OC)c(OC)c2)C1=O. The minimum atomic E-state index is -0.171. The van der Waals surface area contributed by atoms with Gasteiger partial charge < -0.3 is 19.7 Å². The van der Waals surface area contributed by atoms with Crippen LogP contribution in [0.5, 0.6) is 11.5 Å². The molecule has 29 heavy (non-hydrogen) atoms. The first-order valence-electron chi connectivity index (χ1n) is 9.62. The molecule has 0 aromatic heterocycles. The number of benzene rings is 2. The summed E-state index contributed by atoms with van der Waals surface area (Å²) in [7, 11) is 3.19. The maximum Gasteiger partial charge on any atom is 0.240 e. The number of rotatable bonds is 8. The van der Waals surface area contributed by atoms with E-state index in [1.54, 1.807) is 30.9 Å². The van der Waals surface area contributed by atoms with Crippen LogP contribution in [0.4, 0.5) is 5.69 Å². The quantitative estimate of drug-likeness (QED) is 0.718. The van der Waals surface area contributed by atoms with E-state index in [0.29, 0.717) is 24.5 Å². The third-order valence-corrected chi connectivity index (χ3v) is 6.24. The van der Waals surface area contributed by atoms with Crippen molar-refractivity contribution in [1.29, 1.82) is 0 Å². The molecule has 2 aromatic rings. The second-order valence-corrected chi connectivity index (χ2v) is 7.94. The fourth-order valence-electron chi connectivity index (χ4n) is 3.28. The number of carbonyl (C=O) groups excluding carboxylic acids is 2. The average molecular weight is 415 g/mol. The Labute approximate surface area is 175 Å². The molecule has 0 fully saturated rings. The van der Waals surface area contributed by atoms with Crippen molar-refractivity contribution in [3.8, 4) is 11.5 Å². The second-order valence-electron chi connectivity index (χ2n) is 6.70. The van der Waals surface area contributed by atoms with Gasteiger partial charge in [0.05, 0.1) is 25.2 Å². The Morgan fingerprint density at radius 3 is 2.62 bits per heavy atom. The molecule has 154 valence electrons. The Hall–Kier alpha value is -2.67. The summed E-state index contributed by atoms with van der Waals surface area (Å²) in [5.41, 5.74) is 1.84. The molecule has 2 amide bonds. The van der Waals surface area contributed by atoms with Crippen LogP contribution in [-0.2, 0) is 16.0 Å². The summed E-state index contributed by atoms with van der Waals surface area (Å²) in [6, 6.07) is 13.4. The summed E-state index contributed by atoms with van der Waals surface area (Å²) in [6.07, 6.45) is 1.39.